The molecule has 0 aliphatic carbocycles. The predicted octanol–water partition coefficient (Wildman–Crippen LogP) is 3.43. The fourth-order valence-electron chi connectivity index (χ4n) is 3.56. The molecule has 1 amide bonds. The number of nitrogens with one attached hydrogen (secondary N) is 1. The molecule has 1 heterocycles. The number of carbonyl (C=O) groups excluding carboxylic acids is 1. The molecule has 0 bridgehead atoms. The highest BCUT2D eigenvalue weighted by molar-refractivity contribution is 7.89. The molecule has 0 saturated carbocycles. The first-order chi connectivity index (χ1) is 14.7. The van der Waals surface area contributed by atoms with E-state index in [1.807, 2.05) is 39.0 Å². The maximum atomic E-state index is 13.1. The molecule has 1 aliphatic heterocycles. The van der Waals surface area contributed by atoms with E-state index in [4.69, 9.17) is 4.74 Å². The number of carbonyl (C=O) groups is 1. The summed E-state index contributed by atoms with van der Waals surface area (Å²) < 4.78 is 45.9. The minimum absolute atomic E-state index is 0.0325. The van der Waals surface area contributed by atoms with Crippen LogP contribution in [0, 0.1) is 25.6 Å². The lowest BCUT2D eigenvalue weighted by atomic mass is 9.98. The molecular weight excluding hydrogens is 419 g/mol. The van der Waals surface area contributed by atoms with Gasteiger partial charge in [0.1, 0.15) is 18.2 Å². The third-order valence-electron chi connectivity index (χ3n) is 5.57. The van der Waals surface area contributed by atoms with Crippen LogP contribution in [-0.2, 0) is 14.8 Å². The Morgan fingerprint density at radius 3 is 2.58 bits per heavy atom. The number of aryl methyl sites for hydroxylation is 2. The van der Waals surface area contributed by atoms with Crippen LogP contribution in [0.4, 0.5) is 4.39 Å². The zero-order chi connectivity index (χ0) is 22.6. The van der Waals surface area contributed by atoms with Crippen LogP contribution < -0.4 is 10.1 Å². The van der Waals surface area contributed by atoms with Gasteiger partial charge < -0.3 is 10.1 Å². The molecule has 168 valence electrons. The lowest BCUT2D eigenvalue weighted by molar-refractivity contribution is -0.126. The van der Waals surface area contributed by atoms with Gasteiger partial charge in [-0.2, -0.15) is 4.31 Å². The molecule has 2 aromatic carbocycles. The van der Waals surface area contributed by atoms with Crippen molar-refractivity contribution in [2.24, 2.45) is 5.92 Å². The van der Waals surface area contributed by atoms with Gasteiger partial charge in [0.2, 0.25) is 15.9 Å². The minimum Gasteiger partial charge on any atom is -0.491 e. The van der Waals surface area contributed by atoms with Crippen LogP contribution >= 0.6 is 0 Å². The smallest absolute Gasteiger partial charge is 0.243 e. The van der Waals surface area contributed by atoms with E-state index in [0.717, 1.165) is 23.4 Å². The maximum Gasteiger partial charge on any atom is 0.243 e. The Labute approximate surface area is 183 Å². The molecule has 0 spiro atoms. The topological polar surface area (TPSA) is 75.7 Å². The number of amides is 1. The number of nitrogens with zero attached hydrogens (tertiary/aromatic N) is 1. The zero-order valence-electron chi connectivity index (χ0n) is 18.1. The van der Waals surface area contributed by atoms with Crippen molar-refractivity contribution in [2.75, 3.05) is 19.7 Å². The summed E-state index contributed by atoms with van der Waals surface area (Å²) in [4.78, 5) is 12.8. The molecule has 8 heteroatoms. The zero-order valence-corrected chi connectivity index (χ0v) is 18.9. The number of hydrogen-bond acceptors (Lipinski definition) is 4. The highest BCUT2D eigenvalue weighted by Gasteiger charge is 2.33. The van der Waals surface area contributed by atoms with Crippen LogP contribution in [-0.4, -0.2) is 44.4 Å². The van der Waals surface area contributed by atoms with E-state index in [-0.39, 0.29) is 23.4 Å². The third kappa shape index (κ3) is 5.83. The summed E-state index contributed by atoms with van der Waals surface area (Å²) in [6.45, 7) is 6.67. The number of benzene rings is 2. The second-order valence-corrected chi connectivity index (χ2v) is 10.1. The fourth-order valence-corrected chi connectivity index (χ4v) is 5.08. The Morgan fingerprint density at radius 2 is 1.90 bits per heavy atom. The summed E-state index contributed by atoms with van der Waals surface area (Å²) in [7, 11) is -3.77. The average molecular weight is 449 g/mol. The van der Waals surface area contributed by atoms with Gasteiger partial charge in [-0.15, -0.1) is 0 Å². The van der Waals surface area contributed by atoms with Crippen LogP contribution in [0.1, 0.15) is 30.9 Å². The third-order valence-corrected chi connectivity index (χ3v) is 7.45. The summed E-state index contributed by atoms with van der Waals surface area (Å²) in [5, 5.41) is 2.93. The molecule has 6 nitrogen and oxygen atoms in total. The Morgan fingerprint density at radius 1 is 1.19 bits per heavy atom. The Kier molecular flexibility index (Phi) is 7.33. The van der Waals surface area contributed by atoms with Crippen molar-refractivity contribution >= 4 is 15.9 Å². The second-order valence-electron chi connectivity index (χ2n) is 8.12. The van der Waals surface area contributed by atoms with E-state index in [9.17, 15) is 17.6 Å². The van der Waals surface area contributed by atoms with Crippen molar-refractivity contribution in [3.8, 4) is 5.75 Å². The molecule has 31 heavy (non-hydrogen) atoms. The van der Waals surface area contributed by atoms with Gasteiger partial charge in [-0.25, -0.2) is 12.8 Å². The molecule has 1 fully saturated rings. The van der Waals surface area contributed by atoms with Crippen molar-refractivity contribution in [3.05, 3.63) is 59.4 Å². The van der Waals surface area contributed by atoms with Gasteiger partial charge >= 0.3 is 0 Å². The van der Waals surface area contributed by atoms with E-state index < -0.39 is 21.8 Å². The van der Waals surface area contributed by atoms with Crippen molar-refractivity contribution < 1.29 is 22.3 Å². The Bertz CT molecular complexity index is 1020. The molecular formula is C23H29FN2O4S. The second kappa shape index (κ2) is 9.78. The number of piperidine rings is 1. The molecule has 3 rings (SSSR count). The minimum atomic E-state index is -3.77. The molecule has 2 aromatic rings. The maximum absolute atomic E-state index is 13.1. The summed E-state index contributed by atoms with van der Waals surface area (Å²) in [6.07, 6.45) is 1.21. The van der Waals surface area contributed by atoms with Gasteiger partial charge in [0.25, 0.3) is 0 Å². The summed E-state index contributed by atoms with van der Waals surface area (Å²) in [5.74, 6) is -0.367. The molecule has 1 aliphatic rings. The number of rotatable bonds is 7. The molecule has 0 aromatic heterocycles. The average Bonchev–Trinajstić information content (AvgIpc) is 2.75. The largest absolute Gasteiger partial charge is 0.491 e. The van der Waals surface area contributed by atoms with Crippen molar-refractivity contribution in [1.82, 2.24) is 9.62 Å². The van der Waals surface area contributed by atoms with Gasteiger partial charge in [0.15, 0.2) is 0 Å². The molecule has 0 unspecified atom stereocenters. The monoisotopic (exact) mass is 448 g/mol. The Hall–Kier alpha value is -2.45. The normalized spacial score (nSPS) is 18.4. The van der Waals surface area contributed by atoms with Crippen molar-refractivity contribution in [3.63, 3.8) is 0 Å². The van der Waals surface area contributed by atoms with E-state index in [0.29, 0.717) is 26.0 Å². The SMILES string of the molecule is Cc1ccc(OC[C@@H](C)NC(=O)[C@@H]2CCCN(S(=O)(=O)c3ccc(F)cc3)C2)cc1C. The van der Waals surface area contributed by atoms with Crippen LogP contribution in [0.3, 0.4) is 0 Å². The summed E-state index contributed by atoms with van der Waals surface area (Å²) in [5.41, 5.74) is 2.32. The van der Waals surface area contributed by atoms with Crippen LogP contribution in [0.5, 0.6) is 5.75 Å². The number of hydrogen-bond donors (Lipinski definition) is 1. The fraction of sp³-hybridized carbons (Fsp3) is 0.435. The number of sulfonamides is 1. The number of halogens is 1. The van der Waals surface area contributed by atoms with Crippen molar-refractivity contribution in [1.29, 1.82) is 0 Å². The molecule has 2 atom stereocenters. The summed E-state index contributed by atoms with van der Waals surface area (Å²) >= 11 is 0. The number of ether oxygens (including phenoxy) is 1. The van der Waals surface area contributed by atoms with E-state index in [2.05, 4.69) is 5.32 Å². The van der Waals surface area contributed by atoms with Gasteiger partial charge in [-0.3, -0.25) is 4.79 Å². The van der Waals surface area contributed by atoms with Gasteiger partial charge in [-0.05, 0) is 81.1 Å². The van der Waals surface area contributed by atoms with E-state index in [1.54, 1.807) is 0 Å². The summed E-state index contributed by atoms with van der Waals surface area (Å²) in [6, 6.07) is 10.4. The van der Waals surface area contributed by atoms with Crippen LogP contribution in [0.25, 0.3) is 0 Å². The predicted molar refractivity (Wildman–Crippen MR) is 117 cm³/mol. The standard InChI is InChI=1S/C23H29FN2O4S/c1-16-6-9-21(13-17(16)2)30-15-18(3)25-23(27)19-5-4-12-26(14-19)31(28,29)22-10-7-20(24)8-11-22/h6-11,13,18-19H,4-5,12,14-15H2,1-3H3,(H,25,27)/t18-,19-/m1/s1. The van der Waals surface area contributed by atoms with Gasteiger partial charge in [0, 0.05) is 13.1 Å². The highest BCUT2D eigenvalue weighted by Crippen LogP contribution is 2.24. The van der Waals surface area contributed by atoms with Gasteiger partial charge in [0.05, 0.1) is 16.9 Å². The van der Waals surface area contributed by atoms with E-state index in [1.165, 1.54) is 22.0 Å². The first-order valence-corrected chi connectivity index (χ1v) is 11.9. The van der Waals surface area contributed by atoms with Crippen LogP contribution in [0.15, 0.2) is 47.4 Å². The first kappa shape index (κ1) is 23.2. The molecule has 1 saturated heterocycles. The van der Waals surface area contributed by atoms with E-state index >= 15 is 0 Å². The lowest BCUT2D eigenvalue weighted by Crippen LogP contribution is -2.48. The Balaban J connectivity index is 1.56. The molecule has 0 radical (unpaired) electrons. The van der Waals surface area contributed by atoms with Crippen LogP contribution in [0.2, 0.25) is 0 Å². The lowest BCUT2D eigenvalue weighted by Gasteiger charge is -2.31. The van der Waals surface area contributed by atoms with Crippen molar-refractivity contribution in [2.45, 2.75) is 44.6 Å². The highest BCUT2D eigenvalue weighted by atomic mass is 32.2. The van der Waals surface area contributed by atoms with Gasteiger partial charge in [-0.1, -0.05) is 6.07 Å². The molecule has 1 N–H and O–H groups in total. The first-order valence-electron chi connectivity index (χ1n) is 10.4. The quantitative estimate of drug-likeness (QED) is 0.704.